The van der Waals surface area contributed by atoms with Gasteiger partial charge in [-0.15, -0.1) is 0 Å². The predicted molar refractivity (Wildman–Crippen MR) is 74.2 cm³/mol. The van der Waals surface area contributed by atoms with Gasteiger partial charge in [-0.25, -0.2) is 10.0 Å². The van der Waals surface area contributed by atoms with Crippen molar-refractivity contribution in [1.29, 1.82) is 0 Å². The van der Waals surface area contributed by atoms with Gasteiger partial charge in [-0.1, -0.05) is 30.3 Å². The quantitative estimate of drug-likeness (QED) is 0.449. The molecule has 3 N–H and O–H groups in total. The zero-order chi connectivity index (χ0) is 14.5. The number of carboxylic acid groups (broad SMARTS) is 1. The first kappa shape index (κ1) is 14.0. The SMILES string of the molecule is O=C(O)/C(=C/c1ccc([NH+]([O-])O)cc1)c1ccccc1. The van der Waals surface area contributed by atoms with Gasteiger partial charge < -0.3 is 10.3 Å². The highest BCUT2D eigenvalue weighted by Gasteiger charge is 2.10. The van der Waals surface area contributed by atoms with E-state index in [2.05, 4.69) is 0 Å². The average Bonchev–Trinajstić information content (AvgIpc) is 2.46. The van der Waals surface area contributed by atoms with Gasteiger partial charge in [0.15, 0.2) is 5.69 Å². The van der Waals surface area contributed by atoms with Crippen molar-refractivity contribution in [2.45, 2.75) is 0 Å². The standard InChI is InChI=1S/C15H13NO4/c17-15(18)14(12-4-2-1-3-5-12)10-11-6-8-13(9-7-11)16(19)20/h1-10,16,19H,(H,17,18)/b14-10+. The van der Waals surface area contributed by atoms with Crippen LogP contribution < -0.4 is 5.23 Å². The summed E-state index contributed by atoms with van der Waals surface area (Å²) in [5.74, 6) is -1.03. The van der Waals surface area contributed by atoms with E-state index in [0.717, 1.165) is 0 Å². The lowest BCUT2D eigenvalue weighted by Crippen LogP contribution is -2.99. The molecule has 5 nitrogen and oxygen atoms in total. The van der Waals surface area contributed by atoms with Crippen molar-refractivity contribution in [3.63, 3.8) is 0 Å². The van der Waals surface area contributed by atoms with Crippen LogP contribution in [0.5, 0.6) is 0 Å². The van der Waals surface area contributed by atoms with Gasteiger partial charge in [0.05, 0.1) is 5.57 Å². The van der Waals surface area contributed by atoms with Crippen LogP contribution in [0.1, 0.15) is 11.1 Å². The fraction of sp³-hybridized carbons (Fsp3) is 0. The number of carboxylic acids is 1. The first-order chi connectivity index (χ1) is 9.58. The molecule has 1 atom stereocenters. The van der Waals surface area contributed by atoms with Gasteiger partial charge >= 0.3 is 5.97 Å². The van der Waals surface area contributed by atoms with Crippen LogP contribution in [0.2, 0.25) is 0 Å². The molecule has 0 spiro atoms. The van der Waals surface area contributed by atoms with Crippen molar-refractivity contribution >= 4 is 23.3 Å². The molecule has 0 fully saturated rings. The van der Waals surface area contributed by atoms with Crippen molar-refractivity contribution < 1.29 is 20.3 Å². The molecule has 0 saturated carbocycles. The summed E-state index contributed by atoms with van der Waals surface area (Å²) in [6.07, 6.45) is 1.52. The Balaban J connectivity index is 2.37. The molecule has 2 aromatic carbocycles. The van der Waals surface area contributed by atoms with Gasteiger partial charge in [0.2, 0.25) is 0 Å². The van der Waals surface area contributed by atoms with Gasteiger partial charge in [0.1, 0.15) is 0 Å². The minimum Gasteiger partial charge on any atom is -0.595 e. The Labute approximate surface area is 115 Å². The van der Waals surface area contributed by atoms with E-state index in [1.807, 2.05) is 6.07 Å². The van der Waals surface area contributed by atoms with Gasteiger partial charge in [0, 0.05) is 12.1 Å². The third-order valence-corrected chi connectivity index (χ3v) is 2.78. The molecule has 0 saturated heterocycles. The third-order valence-electron chi connectivity index (χ3n) is 2.78. The lowest BCUT2D eigenvalue weighted by atomic mass is 10.0. The highest BCUT2D eigenvalue weighted by Crippen LogP contribution is 2.19. The normalized spacial score (nSPS) is 13.0. The molecule has 0 aliphatic rings. The van der Waals surface area contributed by atoms with Crippen LogP contribution in [-0.2, 0) is 4.79 Å². The lowest BCUT2D eigenvalue weighted by Gasteiger charge is -2.11. The van der Waals surface area contributed by atoms with Crippen LogP contribution in [0, 0.1) is 5.21 Å². The molecule has 0 aliphatic carbocycles. The maximum atomic E-state index is 11.3. The van der Waals surface area contributed by atoms with Crippen molar-refractivity contribution in [2.75, 3.05) is 0 Å². The Morgan fingerprint density at radius 3 is 2.15 bits per heavy atom. The molecule has 2 rings (SSSR count). The molecular weight excluding hydrogens is 258 g/mol. The lowest BCUT2D eigenvalue weighted by molar-refractivity contribution is -0.991. The summed E-state index contributed by atoms with van der Waals surface area (Å²) >= 11 is 0. The summed E-state index contributed by atoms with van der Waals surface area (Å²) in [5, 5.41) is 27.8. The number of benzene rings is 2. The zero-order valence-electron chi connectivity index (χ0n) is 10.5. The molecule has 5 heteroatoms. The van der Waals surface area contributed by atoms with Gasteiger partial charge in [-0.05, 0) is 29.3 Å². The summed E-state index contributed by atoms with van der Waals surface area (Å²) in [6.45, 7) is 0. The van der Waals surface area contributed by atoms with Crippen LogP contribution in [0.25, 0.3) is 11.6 Å². The molecule has 2 aromatic rings. The van der Waals surface area contributed by atoms with Gasteiger partial charge in [-0.3, -0.25) is 0 Å². The Kier molecular flexibility index (Phi) is 4.27. The molecule has 1 unspecified atom stereocenters. The zero-order valence-corrected chi connectivity index (χ0v) is 10.5. The minimum atomic E-state index is -1.03. The molecule has 0 bridgehead atoms. The van der Waals surface area contributed by atoms with E-state index in [1.54, 1.807) is 36.4 Å². The highest BCUT2D eigenvalue weighted by molar-refractivity contribution is 6.20. The van der Waals surface area contributed by atoms with Gasteiger partial charge in [0.25, 0.3) is 0 Å². The molecule has 0 radical (unpaired) electrons. The average molecular weight is 271 g/mol. The summed E-state index contributed by atoms with van der Waals surface area (Å²) in [5.41, 5.74) is 1.56. The second-order valence-electron chi connectivity index (χ2n) is 4.16. The first-order valence-corrected chi connectivity index (χ1v) is 5.91. The number of hydrogen-bond acceptors (Lipinski definition) is 3. The van der Waals surface area contributed by atoms with Gasteiger partial charge in [-0.2, -0.15) is 5.23 Å². The molecule has 0 amide bonds. The number of aliphatic carboxylic acids is 1. The van der Waals surface area contributed by atoms with Crippen LogP contribution in [0.3, 0.4) is 0 Å². The topological polar surface area (TPSA) is 85.0 Å². The second kappa shape index (κ2) is 6.12. The molecule has 0 aliphatic heterocycles. The van der Waals surface area contributed by atoms with E-state index >= 15 is 0 Å². The van der Waals surface area contributed by atoms with Crippen LogP contribution >= 0.6 is 0 Å². The molecule has 0 aromatic heterocycles. The van der Waals surface area contributed by atoms with Crippen molar-refractivity contribution in [3.05, 3.63) is 70.9 Å². The molecule has 102 valence electrons. The number of hydrogen-bond donors (Lipinski definition) is 3. The Morgan fingerprint density at radius 2 is 1.65 bits per heavy atom. The number of rotatable bonds is 4. The maximum Gasteiger partial charge on any atom is 0.336 e. The van der Waals surface area contributed by atoms with Crippen molar-refractivity contribution in [2.24, 2.45) is 0 Å². The van der Waals surface area contributed by atoms with Crippen molar-refractivity contribution in [1.82, 2.24) is 0 Å². The van der Waals surface area contributed by atoms with E-state index in [0.29, 0.717) is 11.1 Å². The Hall–Kier alpha value is -2.47. The van der Waals surface area contributed by atoms with Crippen LogP contribution in [-0.4, -0.2) is 16.3 Å². The summed E-state index contributed by atoms with van der Waals surface area (Å²) in [7, 11) is 0. The first-order valence-electron chi connectivity index (χ1n) is 5.91. The molecule has 20 heavy (non-hydrogen) atoms. The van der Waals surface area contributed by atoms with E-state index in [4.69, 9.17) is 5.21 Å². The van der Waals surface area contributed by atoms with E-state index in [9.17, 15) is 15.1 Å². The van der Waals surface area contributed by atoms with Crippen LogP contribution in [0.15, 0.2) is 54.6 Å². The van der Waals surface area contributed by atoms with Crippen molar-refractivity contribution in [3.8, 4) is 0 Å². The number of quaternary nitrogens is 1. The largest absolute Gasteiger partial charge is 0.595 e. The summed E-state index contributed by atoms with van der Waals surface area (Å²) < 4.78 is 0. The number of nitrogens with one attached hydrogen (secondary N) is 1. The Morgan fingerprint density at radius 1 is 1.05 bits per heavy atom. The van der Waals surface area contributed by atoms with E-state index in [1.165, 1.54) is 18.2 Å². The summed E-state index contributed by atoms with van der Waals surface area (Å²) in [4.78, 5) is 11.3. The Bertz CT molecular complexity index is 618. The maximum absolute atomic E-state index is 11.3. The third kappa shape index (κ3) is 3.30. The number of carbonyl (C=O) groups is 1. The second-order valence-corrected chi connectivity index (χ2v) is 4.16. The smallest absolute Gasteiger partial charge is 0.336 e. The fourth-order valence-electron chi connectivity index (χ4n) is 1.77. The monoisotopic (exact) mass is 271 g/mol. The summed E-state index contributed by atoms with van der Waals surface area (Å²) in [6, 6.07) is 14.8. The van der Waals surface area contributed by atoms with Crippen LogP contribution in [0.4, 0.5) is 5.69 Å². The fourth-order valence-corrected chi connectivity index (χ4v) is 1.77. The minimum absolute atomic E-state index is 0.161. The molecular formula is C15H13NO4. The van der Waals surface area contributed by atoms with E-state index in [-0.39, 0.29) is 11.3 Å². The molecule has 0 heterocycles. The predicted octanol–water partition coefficient (Wildman–Crippen LogP) is 1.72. The highest BCUT2D eigenvalue weighted by atomic mass is 16.8. The van der Waals surface area contributed by atoms with E-state index < -0.39 is 11.2 Å².